The third-order valence-corrected chi connectivity index (χ3v) is 3.89. The Balaban J connectivity index is 1.69. The van der Waals surface area contributed by atoms with Gasteiger partial charge in [-0.05, 0) is 31.2 Å². The molecule has 2 aromatic heterocycles. The number of rotatable bonds is 6. The molecule has 0 fully saturated rings. The lowest BCUT2D eigenvalue weighted by molar-refractivity contribution is 0.0950. The van der Waals surface area contributed by atoms with Crippen LogP contribution in [-0.4, -0.2) is 34.1 Å². The predicted octanol–water partition coefficient (Wildman–Crippen LogP) is 2.43. The van der Waals surface area contributed by atoms with Gasteiger partial charge in [0, 0.05) is 25.7 Å². The Bertz CT molecular complexity index is 857. The molecule has 3 rings (SSSR count). The first-order valence-electron chi connectivity index (χ1n) is 7.96. The molecule has 0 spiro atoms. The maximum absolute atomic E-state index is 12.3. The van der Waals surface area contributed by atoms with E-state index >= 15 is 0 Å². The van der Waals surface area contributed by atoms with Gasteiger partial charge in [0.05, 0.1) is 18.1 Å². The number of carbonyl (C=O) groups is 1. The third-order valence-electron chi connectivity index (χ3n) is 3.89. The minimum atomic E-state index is -0.195. The number of para-hydroxylation sites is 2. The minimum Gasteiger partial charge on any atom is -0.480 e. The molecule has 6 heteroatoms. The zero-order valence-electron chi connectivity index (χ0n) is 13.8. The highest BCUT2D eigenvalue weighted by Crippen LogP contribution is 2.16. The monoisotopic (exact) mass is 324 g/mol. The summed E-state index contributed by atoms with van der Waals surface area (Å²) >= 11 is 0. The molecule has 3 aromatic rings. The standard InChI is InChI=1S/C18H20N4O2/c1-3-22-15-9-5-4-8-14(15)21-16(22)10-12-19-17(23)13-7-6-11-20-18(13)24-2/h4-9,11H,3,10,12H2,1-2H3,(H,19,23). The van der Waals surface area contributed by atoms with E-state index in [1.165, 1.54) is 7.11 Å². The summed E-state index contributed by atoms with van der Waals surface area (Å²) in [6, 6.07) is 11.5. The molecule has 1 aromatic carbocycles. The average molecular weight is 324 g/mol. The number of aryl methyl sites for hydroxylation is 1. The molecule has 2 heterocycles. The number of aromatic nitrogens is 3. The van der Waals surface area contributed by atoms with Gasteiger partial charge in [0.15, 0.2) is 0 Å². The molecule has 24 heavy (non-hydrogen) atoms. The number of imidazole rings is 1. The predicted molar refractivity (Wildman–Crippen MR) is 92.2 cm³/mol. The first kappa shape index (κ1) is 16.0. The third kappa shape index (κ3) is 3.08. The van der Waals surface area contributed by atoms with Crippen LogP contribution < -0.4 is 10.1 Å². The Labute approximate surface area is 140 Å². The van der Waals surface area contributed by atoms with Crippen molar-refractivity contribution in [3.05, 3.63) is 54.0 Å². The number of nitrogens with zero attached hydrogens (tertiary/aromatic N) is 3. The van der Waals surface area contributed by atoms with Crippen LogP contribution in [-0.2, 0) is 13.0 Å². The molecule has 0 aliphatic rings. The second kappa shape index (κ2) is 7.12. The van der Waals surface area contributed by atoms with Crippen LogP contribution >= 0.6 is 0 Å². The van der Waals surface area contributed by atoms with Crippen molar-refractivity contribution in [1.29, 1.82) is 0 Å². The van der Waals surface area contributed by atoms with E-state index in [2.05, 4.69) is 32.8 Å². The van der Waals surface area contributed by atoms with Gasteiger partial charge in [-0.15, -0.1) is 0 Å². The molecule has 0 radical (unpaired) electrons. The van der Waals surface area contributed by atoms with Crippen LogP contribution in [0.4, 0.5) is 0 Å². The fourth-order valence-electron chi connectivity index (χ4n) is 2.78. The summed E-state index contributed by atoms with van der Waals surface area (Å²) in [7, 11) is 1.50. The van der Waals surface area contributed by atoms with Crippen LogP contribution in [0.3, 0.4) is 0 Å². The van der Waals surface area contributed by atoms with Crippen LogP contribution in [0.5, 0.6) is 5.88 Å². The SMILES string of the molecule is CCn1c(CCNC(=O)c2cccnc2OC)nc2ccccc21. The molecule has 1 amide bonds. The number of nitrogens with one attached hydrogen (secondary N) is 1. The fraction of sp³-hybridized carbons (Fsp3) is 0.278. The number of hydrogen-bond donors (Lipinski definition) is 1. The maximum Gasteiger partial charge on any atom is 0.256 e. The Hall–Kier alpha value is -2.89. The van der Waals surface area contributed by atoms with Gasteiger partial charge in [-0.25, -0.2) is 9.97 Å². The smallest absolute Gasteiger partial charge is 0.256 e. The number of hydrogen-bond acceptors (Lipinski definition) is 4. The largest absolute Gasteiger partial charge is 0.480 e. The Morgan fingerprint density at radius 1 is 1.25 bits per heavy atom. The number of methoxy groups -OCH3 is 1. The molecular formula is C18H20N4O2. The minimum absolute atomic E-state index is 0.195. The molecule has 0 bridgehead atoms. The van der Waals surface area contributed by atoms with E-state index in [1.54, 1.807) is 18.3 Å². The number of fused-ring (bicyclic) bond motifs is 1. The lowest BCUT2D eigenvalue weighted by Crippen LogP contribution is -2.27. The lowest BCUT2D eigenvalue weighted by atomic mass is 10.2. The molecule has 0 aliphatic carbocycles. The van der Waals surface area contributed by atoms with E-state index in [0.717, 1.165) is 23.4 Å². The summed E-state index contributed by atoms with van der Waals surface area (Å²) in [5.74, 6) is 1.10. The molecule has 0 atom stereocenters. The molecule has 1 N–H and O–H groups in total. The Morgan fingerprint density at radius 3 is 2.88 bits per heavy atom. The van der Waals surface area contributed by atoms with Crippen molar-refractivity contribution in [2.45, 2.75) is 19.9 Å². The van der Waals surface area contributed by atoms with E-state index in [-0.39, 0.29) is 5.91 Å². The zero-order chi connectivity index (χ0) is 16.9. The first-order chi connectivity index (χ1) is 11.7. The summed E-state index contributed by atoms with van der Waals surface area (Å²) in [6.45, 7) is 3.44. The summed E-state index contributed by atoms with van der Waals surface area (Å²) in [6.07, 6.45) is 2.26. The summed E-state index contributed by atoms with van der Waals surface area (Å²) < 4.78 is 7.29. The van der Waals surface area contributed by atoms with Crippen molar-refractivity contribution in [3.63, 3.8) is 0 Å². The van der Waals surface area contributed by atoms with Crippen LogP contribution in [0.25, 0.3) is 11.0 Å². The van der Waals surface area contributed by atoms with E-state index in [0.29, 0.717) is 24.4 Å². The Kier molecular flexibility index (Phi) is 4.74. The van der Waals surface area contributed by atoms with Gasteiger partial charge in [-0.3, -0.25) is 4.79 Å². The molecule has 0 saturated carbocycles. The molecule has 124 valence electrons. The lowest BCUT2D eigenvalue weighted by Gasteiger charge is -2.09. The highest BCUT2D eigenvalue weighted by atomic mass is 16.5. The van der Waals surface area contributed by atoms with E-state index in [9.17, 15) is 4.79 Å². The van der Waals surface area contributed by atoms with Gasteiger partial charge in [-0.1, -0.05) is 12.1 Å². The van der Waals surface area contributed by atoms with Crippen molar-refractivity contribution in [2.24, 2.45) is 0 Å². The fourth-order valence-corrected chi connectivity index (χ4v) is 2.78. The second-order valence-corrected chi connectivity index (χ2v) is 5.33. The number of pyridine rings is 1. The summed E-state index contributed by atoms with van der Waals surface area (Å²) in [5, 5.41) is 2.91. The van der Waals surface area contributed by atoms with Gasteiger partial charge in [-0.2, -0.15) is 0 Å². The molecule has 0 unspecified atom stereocenters. The van der Waals surface area contributed by atoms with Crippen molar-refractivity contribution in [3.8, 4) is 5.88 Å². The maximum atomic E-state index is 12.3. The van der Waals surface area contributed by atoms with E-state index < -0.39 is 0 Å². The molecule has 0 aliphatic heterocycles. The number of carbonyl (C=O) groups excluding carboxylic acids is 1. The summed E-state index contributed by atoms with van der Waals surface area (Å²) in [4.78, 5) is 21.0. The van der Waals surface area contributed by atoms with Crippen molar-refractivity contribution in [1.82, 2.24) is 19.9 Å². The van der Waals surface area contributed by atoms with Gasteiger partial charge >= 0.3 is 0 Å². The van der Waals surface area contributed by atoms with Gasteiger partial charge in [0.2, 0.25) is 5.88 Å². The van der Waals surface area contributed by atoms with E-state index in [1.807, 2.05) is 18.2 Å². The number of ether oxygens (including phenoxy) is 1. The topological polar surface area (TPSA) is 69.0 Å². The zero-order valence-corrected chi connectivity index (χ0v) is 13.8. The van der Waals surface area contributed by atoms with Crippen molar-refractivity contribution < 1.29 is 9.53 Å². The molecule has 6 nitrogen and oxygen atoms in total. The molecule has 0 saturated heterocycles. The van der Waals surface area contributed by atoms with Crippen LogP contribution in [0.1, 0.15) is 23.1 Å². The van der Waals surface area contributed by atoms with Crippen molar-refractivity contribution in [2.75, 3.05) is 13.7 Å². The van der Waals surface area contributed by atoms with Crippen LogP contribution in [0.2, 0.25) is 0 Å². The Morgan fingerprint density at radius 2 is 2.08 bits per heavy atom. The highest BCUT2D eigenvalue weighted by Gasteiger charge is 2.13. The van der Waals surface area contributed by atoms with E-state index in [4.69, 9.17) is 4.74 Å². The molecular weight excluding hydrogens is 304 g/mol. The van der Waals surface area contributed by atoms with Gasteiger partial charge < -0.3 is 14.6 Å². The quantitative estimate of drug-likeness (QED) is 0.756. The summed E-state index contributed by atoms with van der Waals surface area (Å²) in [5.41, 5.74) is 2.54. The first-order valence-corrected chi connectivity index (χ1v) is 7.96. The highest BCUT2D eigenvalue weighted by molar-refractivity contribution is 5.96. The van der Waals surface area contributed by atoms with Crippen molar-refractivity contribution >= 4 is 16.9 Å². The van der Waals surface area contributed by atoms with Gasteiger partial charge in [0.25, 0.3) is 5.91 Å². The normalized spacial score (nSPS) is 10.8. The van der Waals surface area contributed by atoms with Gasteiger partial charge in [0.1, 0.15) is 11.4 Å². The number of amides is 1. The average Bonchev–Trinajstić information content (AvgIpc) is 2.98. The van der Waals surface area contributed by atoms with Crippen LogP contribution in [0.15, 0.2) is 42.6 Å². The van der Waals surface area contributed by atoms with Crippen LogP contribution in [0, 0.1) is 0 Å². The number of benzene rings is 1. The second-order valence-electron chi connectivity index (χ2n) is 5.33.